The second-order valence-corrected chi connectivity index (χ2v) is 7.61. The second-order valence-electron chi connectivity index (χ2n) is 7.61. The van der Waals surface area contributed by atoms with E-state index in [0.29, 0.717) is 46.2 Å². The molecule has 0 radical (unpaired) electrons. The summed E-state index contributed by atoms with van der Waals surface area (Å²) in [7, 11) is 4.62. The molecular weight excluding hydrogens is 460 g/mol. The van der Waals surface area contributed by atoms with Crippen LogP contribution in [0.15, 0.2) is 73.1 Å². The van der Waals surface area contributed by atoms with Gasteiger partial charge in [-0.3, -0.25) is 4.79 Å². The summed E-state index contributed by atoms with van der Waals surface area (Å²) in [5.74, 6) is 3.53. The Labute approximate surface area is 208 Å². The molecule has 1 N–H and O–H groups in total. The first-order valence-corrected chi connectivity index (χ1v) is 11.0. The van der Waals surface area contributed by atoms with E-state index >= 15 is 0 Å². The first-order chi connectivity index (χ1) is 17.5. The van der Waals surface area contributed by atoms with Crippen LogP contribution in [-0.2, 0) is 4.79 Å². The molecule has 1 amide bonds. The predicted molar refractivity (Wildman–Crippen MR) is 136 cm³/mol. The highest BCUT2D eigenvalue weighted by atomic mass is 16.5. The van der Waals surface area contributed by atoms with Gasteiger partial charge in [0.2, 0.25) is 17.5 Å². The lowest BCUT2D eigenvalue weighted by Gasteiger charge is -2.12. The van der Waals surface area contributed by atoms with Crippen LogP contribution in [0.1, 0.15) is 11.4 Å². The molecule has 9 heteroatoms. The van der Waals surface area contributed by atoms with Crippen LogP contribution in [0.5, 0.6) is 28.9 Å². The molecule has 2 aromatic carbocycles. The number of aryl methyl sites for hydroxylation is 1. The van der Waals surface area contributed by atoms with Crippen molar-refractivity contribution in [3.8, 4) is 34.7 Å². The standard InChI is InChI=1S/C27H26N4O5/c1-18-28-24(31-13-5-6-14-31)17-26(29-18)36-21-10-8-20(9-11-21)30-25(32)12-7-19-15-22(33-2)27(35-4)23(16-19)34-3/h5-17H,1-4H3,(H,30,32)/b12-7+. The number of aromatic nitrogens is 3. The van der Waals surface area contributed by atoms with E-state index in [4.69, 9.17) is 18.9 Å². The summed E-state index contributed by atoms with van der Waals surface area (Å²) >= 11 is 0. The van der Waals surface area contributed by atoms with Gasteiger partial charge in [0, 0.05) is 30.2 Å². The summed E-state index contributed by atoms with van der Waals surface area (Å²) in [5.41, 5.74) is 1.34. The molecule has 9 nitrogen and oxygen atoms in total. The van der Waals surface area contributed by atoms with Gasteiger partial charge in [0.15, 0.2) is 11.5 Å². The highest BCUT2D eigenvalue weighted by Crippen LogP contribution is 2.38. The fraction of sp³-hybridized carbons (Fsp3) is 0.148. The lowest BCUT2D eigenvalue weighted by molar-refractivity contribution is -0.111. The number of benzene rings is 2. The van der Waals surface area contributed by atoms with E-state index < -0.39 is 0 Å². The van der Waals surface area contributed by atoms with Gasteiger partial charge in [-0.15, -0.1) is 0 Å². The molecule has 0 aliphatic rings. The summed E-state index contributed by atoms with van der Waals surface area (Å²) in [4.78, 5) is 21.2. The van der Waals surface area contributed by atoms with E-state index in [-0.39, 0.29) is 5.91 Å². The third-order valence-electron chi connectivity index (χ3n) is 5.13. The van der Waals surface area contributed by atoms with Gasteiger partial charge in [-0.1, -0.05) is 0 Å². The topological polar surface area (TPSA) is 96.7 Å². The lowest BCUT2D eigenvalue weighted by atomic mass is 10.1. The highest BCUT2D eigenvalue weighted by molar-refractivity contribution is 6.02. The molecule has 0 atom stereocenters. The van der Waals surface area contributed by atoms with Crippen molar-refractivity contribution < 1.29 is 23.7 Å². The number of amides is 1. The Kier molecular flexibility index (Phi) is 7.50. The molecule has 4 aromatic rings. The number of carbonyl (C=O) groups is 1. The molecular formula is C27H26N4O5. The van der Waals surface area contributed by atoms with Gasteiger partial charge >= 0.3 is 0 Å². The Bertz CT molecular complexity index is 1340. The minimum absolute atomic E-state index is 0.291. The summed E-state index contributed by atoms with van der Waals surface area (Å²) in [6.45, 7) is 1.81. The van der Waals surface area contributed by atoms with E-state index in [2.05, 4.69) is 15.3 Å². The monoisotopic (exact) mass is 486 g/mol. The minimum Gasteiger partial charge on any atom is -0.493 e. The number of methoxy groups -OCH3 is 3. The molecule has 0 aliphatic carbocycles. The van der Waals surface area contributed by atoms with Crippen molar-refractivity contribution in [2.75, 3.05) is 26.6 Å². The number of carbonyl (C=O) groups excluding carboxylic acids is 1. The molecule has 36 heavy (non-hydrogen) atoms. The van der Waals surface area contributed by atoms with Crippen LogP contribution in [0, 0.1) is 6.92 Å². The second kappa shape index (κ2) is 11.1. The average Bonchev–Trinajstić information content (AvgIpc) is 3.43. The van der Waals surface area contributed by atoms with Crippen molar-refractivity contribution in [3.05, 3.63) is 84.5 Å². The van der Waals surface area contributed by atoms with Crippen LogP contribution in [0.25, 0.3) is 11.9 Å². The number of rotatable bonds is 9. The quantitative estimate of drug-likeness (QED) is 0.331. The molecule has 0 saturated heterocycles. The number of nitrogens with zero attached hydrogens (tertiary/aromatic N) is 3. The Morgan fingerprint density at radius 3 is 2.19 bits per heavy atom. The van der Waals surface area contributed by atoms with Crippen LogP contribution in [0.3, 0.4) is 0 Å². The van der Waals surface area contributed by atoms with Gasteiger partial charge in [-0.05, 0) is 67.1 Å². The van der Waals surface area contributed by atoms with Crippen LogP contribution in [-0.4, -0.2) is 41.8 Å². The number of anilines is 1. The molecule has 2 aromatic heterocycles. The number of hydrogen-bond acceptors (Lipinski definition) is 7. The molecule has 0 spiro atoms. The smallest absolute Gasteiger partial charge is 0.248 e. The van der Waals surface area contributed by atoms with Crippen LogP contribution < -0.4 is 24.3 Å². The van der Waals surface area contributed by atoms with Crippen molar-refractivity contribution in [2.45, 2.75) is 6.92 Å². The SMILES string of the molecule is COc1cc(/C=C/C(=O)Nc2ccc(Oc3cc(-n4cccc4)nc(C)n3)cc2)cc(OC)c1OC. The largest absolute Gasteiger partial charge is 0.493 e. The van der Waals surface area contributed by atoms with Crippen molar-refractivity contribution in [1.82, 2.24) is 14.5 Å². The van der Waals surface area contributed by atoms with Gasteiger partial charge in [0.1, 0.15) is 17.4 Å². The number of hydrogen-bond donors (Lipinski definition) is 1. The van der Waals surface area contributed by atoms with E-state index in [1.54, 1.807) is 48.5 Å². The fourth-order valence-corrected chi connectivity index (χ4v) is 3.48. The van der Waals surface area contributed by atoms with Crippen LogP contribution >= 0.6 is 0 Å². The van der Waals surface area contributed by atoms with E-state index in [9.17, 15) is 4.79 Å². The van der Waals surface area contributed by atoms with Gasteiger partial charge in [0.25, 0.3) is 0 Å². The maximum absolute atomic E-state index is 12.4. The fourth-order valence-electron chi connectivity index (χ4n) is 3.48. The third kappa shape index (κ3) is 5.82. The van der Waals surface area contributed by atoms with Crippen molar-refractivity contribution >= 4 is 17.7 Å². The molecule has 0 unspecified atom stereocenters. The Hall–Kier alpha value is -4.79. The van der Waals surface area contributed by atoms with Crippen LogP contribution in [0.2, 0.25) is 0 Å². The molecule has 2 heterocycles. The predicted octanol–water partition coefficient (Wildman–Crippen LogP) is 5.05. The Balaban J connectivity index is 1.41. The van der Waals surface area contributed by atoms with E-state index in [1.807, 2.05) is 36.0 Å². The zero-order valence-electron chi connectivity index (χ0n) is 20.4. The summed E-state index contributed by atoms with van der Waals surface area (Å²) in [6.07, 6.45) is 6.90. The van der Waals surface area contributed by atoms with Gasteiger partial charge in [-0.25, -0.2) is 4.98 Å². The first-order valence-electron chi connectivity index (χ1n) is 11.0. The molecule has 0 fully saturated rings. The van der Waals surface area contributed by atoms with Crippen molar-refractivity contribution in [1.29, 1.82) is 0 Å². The van der Waals surface area contributed by atoms with Crippen molar-refractivity contribution in [2.24, 2.45) is 0 Å². The normalized spacial score (nSPS) is 10.8. The average molecular weight is 487 g/mol. The Morgan fingerprint density at radius 1 is 0.917 bits per heavy atom. The maximum Gasteiger partial charge on any atom is 0.248 e. The summed E-state index contributed by atoms with van der Waals surface area (Å²) in [5, 5.41) is 2.82. The number of nitrogens with one attached hydrogen (secondary N) is 1. The van der Waals surface area contributed by atoms with Gasteiger partial charge in [-0.2, -0.15) is 4.98 Å². The van der Waals surface area contributed by atoms with Crippen LogP contribution in [0.4, 0.5) is 5.69 Å². The zero-order valence-corrected chi connectivity index (χ0v) is 20.4. The van der Waals surface area contributed by atoms with E-state index in [1.165, 1.54) is 27.4 Å². The third-order valence-corrected chi connectivity index (χ3v) is 5.13. The Morgan fingerprint density at radius 2 is 1.58 bits per heavy atom. The molecule has 0 bridgehead atoms. The summed E-state index contributed by atoms with van der Waals surface area (Å²) in [6, 6.07) is 16.1. The van der Waals surface area contributed by atoms with Gasteiger partial charge in [0.05, 0.1) is 21.3 Å². The molecule has 4 rings (SSSR count). The zero-order chi connectivity index (χ0) is 25.5. The number of ether oxygens (including phenoxy) is 4. The van der Waals surface area contributed by atoms with Gasteiger partial charge < -0.3 is 28.8 Å². The molecule has 184 valence electrons. The minimum atomic E-state index is -0.291. The first kappa shape index (κ1) is 24.3. The summed E-state index contributed by atoms with van der Waals surface area (Å²) < 4.78 is 23.8. The highest BCUT2D eigenvalue weighted by Gasteiger charge is 2.12. The van der Waals surface area contributed by atoms with E-state index in [0.717, 1.165) is 5.56 Å². The lowest BCUT2D eigenvalue weighted by Crippen LogP contribution is -2.07. The molecule has 0 saturated carbocycles. The molecule has 0 aliphatic heterocycles. The maximum atomic E-state index is 12.4. The van der Waals surface area contributed by atoms with Crippen molar-refractivity contribution in [3.63, 3.8) is 0 Å².